The van der Waals surface area contributed by atoms with E-state index in [-0.39, 0.29) is 12.5 Å². The average molecular weight is 225 g/mol. The fourth-order valence-electron chi connectivity index (χ4n) is 1.25. The highest BCUT2D eigenvalue weighted by molar-refractivity contribution is 5.42. The molecular weight excluding hydrogens is 206 g/mol. The first-order chi connectivity index (χ1) is 7.71. The van der Waals surface area contributed by atoms with Gasteiger partial charge in [0.25, 0.3) is 0 Å². The van der Waals surface area contributed by atoms with E-state index in [1.54, 1.807) is 7.11 Å². The molecule has 0 aliphatic carbocycles. The molecule has 0 heterocycles. The summed E-state index contributed by atoms with van der Waals surface area (Å²) < 4.78 is 10.8. The van der Waals surface area contributed by atoms with Crippen molar-refractivity contribution >= 4 is 0 Å². The van der Waals surface area contributed by atoms with E-state index in [1.807, 2.05) is 25.1 Å². The van der Waals surface area contributed by atoms with Crippen LogP contribution >= 0.6 is 0 Å². The van der Waals surface area contributed by atoms with Crippen molar-refractivity contribution in [2.75, 3.05) is 20.3 Å². The molecule has 1 aromatic rings. The van der Waals surface area contributed by atoms with Gasteiger partial charge in [-0.3, -0.25) is 0 Å². The Morgan fingerprint density at radius 2 is 2.12 bits per heavy atom. The van der Waals surface area contributed by atoms with Gasteiger partial charge in [-0.05, 0) is 17.7 Å². The van der Waals surface area contributed by atoms with Gasteiger partial charge in [-0.15, -0.1) is 0 Å². The summed E-state index contributed by atoms with van der Waals surface area (Å²) in [4.78, 5) is 0. The Kier molecular flexibility index (Phi) is 5.08. The van der Waals surface area contributed by atoms with E-state index in [0.717, 1.165) is 5.56 Å². The van der Waals surface area contributed by atoms with E-state index in [2.05, 4.69) is 0 Å². The lowest BCUT2D eigenvalue weighted by Gasteiger charge is -2.14. The van der Waals surface area contributed by atoms with Gasteiger partial charge < -0.3 is 20.3 Å². The van der Waals surface area contributed by atoms with Gasteiger partial charge in [0.05, 0.1) is 13.7 Å². The zero-order valence-corrected chi connectivity index (χ0v) is 9.77. The Labute approximate surface area is 96.0 Å². The van der Waals surface area contributed by atoms with Gasteiger partial charge in [-0.25, -0.2) is 0 Å². The van der Waals surface area contributed by atoms with E-state index in [1.165, 1.54) is 0 Å². The highest BCUT2D eigenvalue weighted by atomic mass is 16.5. The lowest BCUT2D eigenvalue weighted by atomic mass is 10.2. The first-order valence-corrected chi connectivity index (χ1v) is 5.32. The largest absolute Gasteiger partial charge is 0.493 e. The molecule has 0 aliphatic heterocycles. The topological polar surface area (TPSA) is 64.7 Å². The van der Waals surface area contributed by atoms with Crippen LogP contribution in [-0.4, -0.2) is 25.4 Å². The van der Waals surface area contributed by atoms with Crippen LogP contribution in [-0.2, 0) is 6.54 Å². The molecule has 0 spiro atoms. The molecule has 16 heavy (non-hydrogen) atoms. The van der Waals surface area contributed by atoms with E-state index in [0.29, 0.717) is 24.7 Å². The Morgan fingerprint density at radius 1 is 1.38 bits per heavy atom. The molecule has 90 valence electrons. The number of rotatable bonds is 6. The van der Waals surface area contributed by atoms with Crippen LogP contribution in [0.2, 0.25) is 0 Å². The van der Waals surface area contributed by atoms with Crippen molar-refractivity contribution in [3.8, 4) is 11.5 Å². The number of aliphatic hydroxyl groups is 1. The second kappa shape index (κ2) is 6.35. The molecule has 4 heteroatoms. The van der Waals surface area contributed by atoms with Gasteiger partial charge >= 0.3 is 0 Å². The molecule has 0 amide bonds. The predicted molar refractivity (Wildman–Crippen MR) is 62.6 cm³/mol. The van der Waals surface area contributed by atoms with Gasteiger partial charge in [-0.1, -0.05) is 13.0 Å². The molecule has 1 aromatic carbocycles. The number of benzene rings is 1. The van der Waals surface area contributed by atoms with Crippen LogP contribution in [0.5, 0.6) is 11.5 Å². The fraction of sp³-hybridized carbons (Fsp3) is 0.500. The summed E-state index contributed by atoms with van der Waals surface area (Å²) in [7, 11) is 1.60. The molecule has 0 bridgehead atoms. The van der Waals surface area contributed by atoms with Crippen molar-refractivity contribution in [3.05, 3.63) is 23.8 Å². The van der Waals surface area contributed by atoms with Gasteiger partial charge in [-0.2, -0.15) is 0 Å². The van der Waals surface area contributed by atoms with Gasteiger partial charge in [0, 0.05) is 19.1 Å². The maximum atomic E-state index is 8.91. The minimum atomic E-state index is 0.103. The predicted octanol–water partition coefficient (Wildman–Crippen LogP) is 1.16. The molecule has 1 atom stereocenters. The third-order valence-corrected chi connectivity index (χ3v) is 2.30. The SMILES string of the molecule is COc1ccc(CN)cc1OCC(C)CO. The summed E-state index contributed by atoms with van der Waals surface area (Å²) in [6, 6.07) is 5.60. The second-order valence-corrected chi connectivity index (χ2v) is 3.79. The summed E-state index contributed by atoms with van der Waals surface area (Å²) in [6.45, 7) is 2.95. The minimum absolute atomic E-state index is 0.103. The highest BCUT2D eigenvalue weighted by Crippen LogP contribution is 2.28. The fourth-order valence-corrected chi connectivity index (χ4v) is 1.25. The molecule has 0 saturated carbocycles. The van der Waals surface area contributed by atoms with E-state index in [4.69, 9.17) is 20.3 Å². The summed E-state index contributed by atoms with van der Waals surface area (Å²) in [5.41, 5.74) is 6.55. The minimum Gasteiger partial charge on any atom is -0.493 e. The number of hydrogen-bond acceptors (Lipinski definition) is 4. The Hall–Kier alpha value is -1.26. The van der Waals surface area contributed by atoms with Crippen molar-refractivity contribution in [2.24, 2.45) is 11.7 Å². The number of ether oxygens (including phenoxy) is 2. The van der Waals surface area contributed by atoms with E-state index in [9.17, 15) is 0 Å². The van der Waals surface area contributed by atoms with Crippen LogP contribution < -0.4 is 15.2 Å². The monoisotopic (exact) mass is 225 g/mol. The molecular formula is C12H19NO3. The quantitative estimate of drug-likeness (QED) is 0.762. The smallest absolute Gasteiger partial charge is 0.161 e. The van der Waals surface area contributed by atoms with Crippen LogP contribution in [0.15, 0.2) is 18.2 Å². The standard InChI is InChI=1S/C12H19NO3/c1-9(7-14)8-16-12-5-10(6-13)3-4-11(12)15-2/h3-5,9,14H,6-8,13H2,1-2H3. The summed E-state index contributed by atoms with van der Waals surface area (Å²) in [5, 5.41) is 8.91. The number of aliphatic hydroxyl groups excluding tert-OH is 1. The average Bonchev–Trinajstić information content (AvgIpc) is 2.35. The van der Waals surface area contributed by atoms with Crippen LogP contribution in [0.4, 0.5) is 0 Å². The zero-order chi connectivity index (χ0) is 12.0. The molecule has 4 nitrogen and oxygen atoms in total. The normalized spacial score (nSPS) is 12.2. The molecule has 0 aliphatic rings. The molecule has 1 rings (SSSR count). The summed E-state index contributed by atoms with van der Waals surface area (Å²) in [5.74, 6) is 1.46. The second-order valence-electron chi connectivity index (χ2n) is 3.79. The zero-order valence-electron chi connectivity index (χ0n) is 9.77. The van der Waals surface area contributed by atoms with Crippen LogP contribution in [0.1, 0.15) is 12.5 Å². The Bertz CT molecular complexity index is 328. The Balaban J connectivity index is 2.75. The Morgan fingerprint density at radius 3 is 2.69 bits per heavy atom. The molecule has 3 N–H and O–H groups in total. The van der Waals surface area contributed by atoms with Crippen molar-refractivity contribution in [1.29, 1.82) is 0 Å². The first kappa shape index (κ1) is 12.8. The molecule has 0 aromatic heterocycles. The van der Waals surface area contributed by atoms with Crippen LogP contribution in [0.25, 0.3) is 0 Å². The number of methoxy groups -OCH3 is 1. The third kappa shape index (κ3) is 3.40. The van der Waals surface area contributed by atoms with Gasteiger partial charge in [0.2, 0.25) is 0 Å². The van der Waals surface area contributed by atoms with Crippen molar-refractivity contribution < 1.29 is 14.6 Å². The summed E-state index contributed by atoms with van der Waals surface area (Å²) in [6.07, 6.45) is 0. The maximum Gasteiger partial charge on any atom is 0.161 e. The van der Waals surface area contributed by atoms with Crippen molar-refractivity contribution in [1.82, 2.24) is 0 Å². The molecule has 0 fully saturated rings. The van der Waals surface area contributed by atoms with Crippen LogP contribution in [0, 0.1) is 5.92 Å². The molecule has 0 saturated heterocycles. The highest BCUT2D eigenvalue weighted by Gasteiger charge is 2.07. The van der Waals surface area contributed by atoms with E-state index >= 15 is 0 Å². The first-order valence-electron chi connectivity index (χ1n) is 5.32. The van der Waals surface area contributed by atoms with Gasteiger partial charge in [0.15, 0.2) is 11.5 Å². The van der Waals surface area contributed by atoms with E-state index < -0.39 is 0 Å². The number of hydrogen-bond donors (Lipinski definition) is 2. The van der Waals surface area contributed by atoms with Crippen molar-refractivity contribution in [2.45, 2.75) is 13.5 Å². The summed E-state index contributed by atoms with van der Waals surface area (Å²) >= 11 is 0. The molecule has 0 radical (unpaired) electrons. The van der Waals surface area contributed by atoms with Gasteiger partial charge in [0.1, 0.15) is 0 Å². The maximum absolute atomic E-state index is 8.91. The molecule has 1 unspecified atom stereocenters. The van der Waals surface area contributed by atoms with Crippen LogP contribution in [0.3, 0.4) is 0 Å². The third-order valence-electron chi connectivity index (χ3n) is 2.30. The number of nitrogens with two attached hydrogens (primary N) is 1. The lowest BCUT2D eigenvalue weighted by Crippen LogP contribution is -2.12. The van der Waals surface area contributed by atoms with Crippen molar-refractivity contribution in [3.63, 3.8) is 0 Å². The lowest BCUT2D eigenvalue weighted by molar-refractivity contribution is 0.171.